The lowest BCUT2D eigenvalue weighted by molar-refractivity contribution is -0.136. The van der Waals surface area contributed by atoms with Gasteiger partial charge >= 0.3 is 6.18 Å². The first-order valence-corrected chi connectivity index (χ1v) is 6.36. The number of imidazole rings is 1. The van der Waals surface area contributed by atoms with Gasteiger partial charge < -0.3 is 4.98 Å². The standard InChI is InChI=1S/C11H11F3N2S/c1-6-3-7(11(12,13)14)10-8(4-6)15-9(16-10)5-17-2/h3-4H,5H2,1-2H3,(H,15,16). The second kappa shape index (κ2) is 4.25. The fourth-order valence-electron chi connectivity index (χ4n) is 1.73. The molecule has 1 N–H and O–H groups in total. The van der Waals surface area contributed by atoms with Crippen molar-refractivity contribution in [3.05, 3.63) is 29.1 Å². The minimum Gasteiger partial charge on any atom is -0.341 e. The van der Waals surface area contributed by atoms with E-state index in [1.807, 2.05) is 6.26 Å². The van der Waals surface area contributed by atoms with E-state index in [-0.39, 0.29) is 5.52 Å². The Morgan fingerprint density at radius 2 is 2.06 bits per heavy atom. The van der Waals surface area contributed by atoms with Gasteiger partial charge in [-0.15, -0.1) is 0 Å². The molecule has 6 heteroatoms. The highest BCUT2D eigenvalue weighted by molar-refractivity contribution is 7.97. The van der Waals surface area contributed by atoms with Gasteiger partial charge in [0.2, 0.25) is 0 Å². The second-order valence-electron chi connectivity index (χ2n) is 3.82. The molecule has 1 aromatic carbocycles. The molecule has 0 bridgehead atoms. The summed E-state index contributed by atoms with van der Waals surface area (Å²) in [4.78, 5) is 6.91. The van der Waals surface area contributed by atoms with Gasteiger partial charge in [0, 0.05) is 0 Å². The molecule has 17 heavy (non-hydrogen) atoms. The number of benzene rings is 1. The number of H-pyrrole nitrogens is 1. The average Bonchev–Trinajstić information content (AvgIpc) is 2.57. The van der Waals surface area contributed by atoms with Crippen LogP contribution in [0.2, 0.25) is 0 Å². The average molecular weight is 260 g/mol. The zero-order chi connectivity index (χ0) is 12.6. The quantitative estimate of drug-likeness (QED) is 0.890. The van der Waals surface area contributed by atoms with Gasteiger partial charge in [0.05, 0.1) is 22.3 Å². The van der Waals surface area contributed by atoms with Crippen molar-refractivity contribution in [2.75, 3.05) is 6.26 Å². The van der Waals surface area contributed by atoms with Gasteiger partial charge in [-0.3, -0.25) is 0 Å². The number of nitrogens with zero attached hydrogens (tertiary/aromatic N) is 1. The van der Waals surface area contributed by atoms with Crippen molar-refractivity contribution >= 4 is 22.8 Å². The van der Waals surface area contributed by atoms with Crippen LogP contribution >= 0.6 is 11.8 Å². The van der Waals surface area contributed by atoms with Crippen LogP contribution in [0.15, 0.2) is 12.1 Å². The molecule has 0 fully saturated rings. The summed E-state index contributed by atoms with van der Waals surface area (Å²) in [5.41, 5.74) is 0.368. The molecule has 2 nitrogen and oxygen atoms in total. The molecule has 0 atom stereocenters. The van der Waals surface area contributed by atoms with E-state index in [1.54, 1.807) is 13.0 Å². The summed E-state index contributed by atoms with van der Waals surface area (Å²) in [6.07, 6.45) is -2.48. The van der Waals surface area contributed by atoms with Gasteiger partial charge in [-0.25, -0.2) is 4.98 Å². The lowest BCUT2D eigenvalue weighted by atomic mass is 10.1. The first-order chi connectivity index (χ1) is 7.91. The van der Waals surface area contributed by atoms with Crippen LogP contribution in [0.3, 0.4) is 0 Å². The Balaban J connectivity index is 2.66. The molecule has 0 amide bonds. The maximum atomic E-state index is 12.8. The Kier molecular flexibility index (Phi) is 3.07. The summed E-state index contributed by atoms with van der Waals surface area (Å²) >= 11 is 1.51. The van der Waals surface area contributed by atoms with Crippen molar-refractivity contribution in [1.29, 1.82) is 0 Å². The lowest BCUT2D eigenvalue weighted by Gasteiger charge is -2.08. The topological polar surface area (TPSA) is 28.7 Å². The second-order valence-corrected chi connectivity index (χ2v) is 4.69. The van der Waals surface area contributed by atoms with Crippen LogP contribution in [0.4, 0.5) is 13.2 Å². The van der Waals surface area contributed by atoms with E-state index in [9.17, 15) is 13.2 Å². The molecule has 2 aromatic rings. The van der Waals surface area contributed by atoms with Gasteiger partial charge in [-0.1, -0.05) is 0 Å². The van der Waals surface area contributed by atoms with Gasteiger partial charge in [0.15, 0.2) is 0 Å². The molecule has 2 rings (SSSR count). The van der Waals surface area contributed by atoms with Crippen LogP contribution in [0.25, 0.3) is 11.0 Å². The molecule has 0 saturated heterocycles. The third kappa shape index (κ3) is 2.41. The van der Waals surface area contributed by atoms with Crippen molar-refractivity contribution in [2.45, 2.75) is 18.9 Å². The Labute approximate surface area is 101 Å². The third-order valence-electron chi connectivity index (χ3n) is 2.37. The number of aromatic nitrogens is 2. The van der Waals surface area contributed by atoms with E-state index in [0.29, 0.717) is 22.7 Å². The number of aromatic amines is 1. The highest BCUT2D eigenvalue weighted by Crippen LogP contribution is 2.34. The molecule has 1 heterocycles. The molecule has 0 spiro atoms. The Morgan fingerprint density at radius 3 is 2.65 bits per heavy atom. The van der Waals surface area contributed by atoms with Crippen LogP contribution in [0, 0.1) is 6.92 Å². The highest BCUT2D eigenvalue weighted by Gasteiger charge is 2.33. The summed E-state index contributed by atoms with van der Waals surface area (Å²) in [5.74, 6) is 1.15. The van der Waals surface area contributed by atoms with E-state index >= 15 is 0 Å². The van der Waals surface area contributed by atoms with Gasteiger partial charge in [-0.05, 0) is 30.9 Å². The zero-order valence-corrected chi connectivity index (χ0v) is 10.2. The fraction of sp³-hybridized carbons (Fsp3) is 0.364. The first-order valence-electron chi connectivity index (χ1n) is 4.97. The largest absolute Gasteiger partial charge is 0.418 e. The maximum Gasteiger partial charge on any atom is 0.418 e. The smallest absolute Gasteiger partial charge is 0.341 e. The van der Waals surface area contributed by atoms with E-state index in [0.717, 1.165) is 6.07 Å². The molecule has 0 unspecified atom stereocenters. The minimum absolute atomic E-state index is 0.0761. The van der Waals surface area contributed by atoms with E-state index in [1.165, 1.54) is 11.8 Å². The van der Waals surface area contributed by atoms with E-state index in [2.05, 4.69) is 9.97 Å². The lowest BCUT2D eigenvalue weighted by Crippen LogP contribution is -2.06. The minimum atomic E-state index is -4.35. The highest BCUT2D eigenvalue weighted by atomic mass is 32.2. The number of hydrogen-bond donors (Lipinski definition) is 1. The molecule has 0 radical (unpaired) electrons. The van der Waals surface area contributed by atoms with Crippen molar-refractivity contribution in [3.63, 3.8) is 0 Å². The SMILES string of the molecule is CSCc1nc2cc(C)cc(C(F)(F)F)c2[nH]1. The van der Waals surface area contributed by atoms with Crippen molar-refractivity contribution in [3.8, 4) is 0 Å². The van der Waals surface area contributed by atoms with Gasteiger partial charge in [0.1, 0.15) is 5.82 Å². The number of halogens is 3. The predicted octanol–water partition coefficient (Wildman–Crippen LogP) is 3.75. The molecular weight excluding hydrogens is 249 g/mol. The monoisotopic (exact) mass is 260 g/mol. The number of fused-ring (bicyclic) bond motifs is 1. The van der Waals surface area contributed by atoms with Crippen molar-refractivity contribution in [2.24, 2.45) is 0 Å². The first kappa shape index (κ1) is 12.3. The predicted molar refractivity (Wildman–Crippen MR) is 63.1 cm³/mol. The summed E-state index contributed by atoms with van der Waals surface area (Å²) in [5, 5.41) is 0. The number of aryl methyl sites for hydroxylation is 1. The molecule has 92 valence electrons. The number of alkyl halides is 3. The number of thioether (sulfide) groups is 1. The normalized spacial score (nSPS) is 12.3. The molecule has 0 saturated carbocycles. The van der Waals surface area contributed by atoms with Crippen LogP contribution in [0.1, 0.15) is 17.0 Å². The summed E-state index contributed by atoms with van der Waals surface area (Å²) in [7, 11) is 0. The van der Waals surface area contributed by atoms with Crippen LogP contribution in [0.5, 0.6) is 0 Å². The van der Waals surface area contributed by atoms with Crippen LogP contribution < -0.4 is 0 Å². The molecule has 0 aliphatic rings. The third-order valence-corrected chi connectivity index (χ3v) is 2.94. The molecule has 0 aliphatic carbocycles. The molecular formula is C11H11F3N2S. The Bertz CT molecular complexity index is 545. The number of rotatable bonds is 2. The maximum absolute atomic E-state index is 12.8. The Morgan fingerprint density at radius 1 is 1.35 bits per heavy atom. The summed E-state index contributed by atoms with van der Waals surface area (Å²) < 4.78 is 38.5. The van der Waals surface area contributed by atoms with Crippen molar-refractivity contribution in [1.82, 2.24) is 9.97 Å². The number of hydrogen-bond acceptors (Lipinski definition) is 2. The summed E-state index contributed by atoms with van der Waals surface area (Å²) in [6.45, 7) is 1.64. The summed E-state index contributed by atoms with van der Waals surface area (Å²) in [6, 6.07) is 2.80. The molecule has 0 aliphatic heterocycles. The van der Waals surface area contributed by atoms with Crippen LogP contribution in [-0.2, 0) is 11.9 Å². The van der Waals surface area contributed by atoms with Crippen LogP contribution in [-0.4, -0.2) is 16.2 Å². The van der Waals surface area contributed by atoms with Crippen molar-refractivity contribution < 1.29 is 13.2 Å². The Hall–Kier alpha value is -1.17. The van der Waals surface area contributed by atoms with Gasteiger partial charge in [0.25, 0.3) is 0 Å². The fourth-order valence-corrected chi connectivity index (χ4v) is 2.14. The molecule has 1 aromatic heterocycles. The van der Waals surface area contributed by atoms with E-state index in [4.69, 9.17) is 0 Å². The number of nitrogens with one attached hydrogen (secondary N) is 1. The van der Waals surface area contributed by atoms with Gasteiger partial charge in [-0.2, -0.15) is 24.9 Å². The zero-order valence-electron chi connectivity index (χ0n) is 9.35. The van der Waals surface area contributed by atoms with E-state index < -0.39 is 11.7 Å².